The Morgan fingerprint density at radius 3 is 2.65 bits per heavy atom. The molecule has 0 saturated carbocycles. The largest absolute Gasteiger partial charge is 0.490 e. The molecule has 0 heterocycles. The molecule has 0 aliphatic heterocycles. The summed E-state index contributed by atoms with van der Waals surface area (Å²) < 4.78 is 12.5. The highest BCUT2D eigenvalue weighted by molar-refractivity contribution is 9.10. The van der Waals surface area contributed by atoms with Crippen molar-refractivity contribution in [2.24, 2.45) is 5.73 Å². The summed E-state index contributed by atoms with van der Waals surface area (Å²) in [7, 11) is 0. The quantitative estimate of drug-likeness (QED) is 0.678. The van der Waals surface area contributed by atoms with Crippen LogP contribution in [0.5, 0.6) is 11.5 Å². The average Bonchev–Trinajstić information content (AvgIpc) is 2.36. The molecule has 0 fully saturated rings. The molecule has 0 spiro atoms. The van der Waals surface area contributed by atoms with Crippen LogP contribution in [0.4, 0.5) is 0 Å². The zero-order chi connectivity index (χ0) is 15.0. The number of nitrogens with two attached hydrogens (primary N) is 1. The van der Waals surface area contributed by atoms with Crippen LogP contribution in [0.25, 0.3) is 0 Å². The second-order valence-electron chi connectivity index (χ2n) is 4.56. The van der Waals surface area contributed by atoms with Crippen molar-refractivity contribution < 1.29 is 9.47 Å². The Morgan fingerprint density at radius 2 is 2.05 bits per heavy atom. The van der Waals surface area contributed by atoms with E-state index in [4.69, 9.17) is 15.2 Å². The first-order chi connectivity index (χ1) is 9.58. The average molecular weight is 362 g/mol. The van der Waals surface area contributed by atoms with Gasteiger partial charge in [0.1, 0.15) is 0 Å². The number of halogens is 1. The van der Waals surface area contributed by atoms with Gasteiger partial charge in [0, 0.05) is 11.8 Å². The predicted octanol–water partition coefficient (Wildman–Crippen LogP) is 3.87. The molecule has 5 heteroatoms. The SMILES string of the molecule is CCOc1cc(CC(C)N)cc(Br)c1OCCSCC. The molecule has 1 aromatic rings. The molecule has 1 aromatic carbocycles. The molecule has 0 saturated heterocycles. The van der Waals surface area contributed by atoms with Crippen LogP contribution < -0.4 is 15.2 Å². The van der Waals surface area contributed by atoms with Gasteiger partial charge in [0.25, 0.3) is 0 Å². The topological polar surface area (TPSA) is 44.5 Å². The standard InChI is InChI=1S/C15H24BrNO2S/c1-4-18-14-10-12(8-11(3)17)9-13(16)15(14)19-6-7-20-5-2/h9-11H,4-8,17H2,1-3H3. The lowest BCUT2D eigenvalue weighted by atomic mass is 10.1. The second-order valence-corrected chi connectivity index (χ2v) is 6.81. The third kappa shape index (κ3) is 5.94. The van der Waals surface area contributed by atoms with Gasteiger partial charge in [-0.05, 0) is 59.6 Å². The summed E-state index contributed by atoms with van der Waals surface area (Å²) in [6.07, 6.45) is 0.824. The van der Waals surface area contributed by atoms with Crippen molar-refractivity contribution in [1.82, 2.24) is 0 Å². The molecule has 114 valence electrons. The molecule has 0 bridgehead atoms. The molecule has 1 rings (SSSR count). The van der Waals surface area contributed by atoms with Crippen LogP contribution in [-0.2, 0) is 6.42 Å². The Labute approximate surface area is 134 Å². The zero-order valence-electron chi connectivity index (χ0n) is 12.4. The van der Waals surface area contributed by atoms with Crippen LogP contribution in [0.15, 0.2) is 16.6 Å². The maximum absolute atomic E-state index is 5.86. The molecule has 0 aliphatic rings. The first-order valence-corrected chi connectivity index (χ1v) is 8.94. The molecule has 3 nitrogen and oxygen atoms in total. The number of thioether (sulfide) groups is 1. The van der Waals surface area contributed by atoms with E-state index in [1.807, 2.05) is 31.7 Å². The van der Waals surface area contributed by atoms with E-state index in [1.54, 1.807) is 0 Å². The van der Waals surface area contributed by atoms with E-state index in [-0.39, 0.29) is 6.04 Å². The summed E-state index contributed by atoms with van der Waals surface area (Å²) in [6, 6.07) is 4.22. The van der Waals surface area contributed by atoms with Crippen LogP contribution in [0.3, 0.4) is 0 Å². The van der Waals surface area contributed by atoms with Crippen LogP contribution in [0.1, 0.15) is 26.3 Å². The predicted molar refractivity (Wildman–Crippen MR) is 91.2 cm³/mol. The van der Waals surface area contributed by atoms with E-state index in [0.29, 0.717) is 13.2 Å². The summed E-state index contributed by atoms with van der Waals surface area (Å²) in [5, 5.41) is 0. The van der Waals surface area contributed by atoms with Gasteiger partial charge in [-0.2, -0.15) is 11.8 Å². The first-order valence-electron chi connectivity index (χ1n) is 6.99. The summed E-state index contributed by atoms with van der Waals surface area (Å²) >= 11 is 5.44. The highest BCUT2D eigenvalue weighted by Gasteiger charge is 2.13. The fourth-order valence-electron chi connectivity index (χ4n) is 1.86. The van der Waals surface area contributed by atoms with Crippen molar-refractivity contribution in [3.63, 3.8) is 0 Å². The Bertz CT molecular complexity index is 413. The van der Waals surface area contributed by atoms with Gasteiger partial charge in [0.15, 0.2) is 11.5 Å². The lowest BCUT2D eigenvalue weighted by Crippen LogP contribution is -2.17. The van der Waals surface area contributed by atoms with Crippen LogP contribution in [-0.4, -0.2) is 30.8 Å². The first kappa shape index (κ1) is 17.7. The number of hydrogen-bond donors (Lipinski definition) is 1. The van der Waals surface area contributed by atoms with Crippen molar-refractivity contribution in [3.8, 4) is 11.5 Å². The maximum atomic E-state index is 5.86. The molecule has 1 unspecified atom stereocenters. The van der Waals surface area contributed by atoms with Crippen molar-refractivity contribution >= 4 is 27.7 Å². The number of benzene rings is 1. The minimum absolute atomic E-state index is 0.129. The molecule has 20 heavy (non-hydrogen) atoms. The van der Waals surface area contributed by atoms with Gasteiger partial charge in [0.2, 0.25) is 0 Å². The monoisotopic (exact) mass is 361 g/mol. The van der Waals surface area contributed by atoms with Crippen molar-refractivity contribution in [1.29, 1.82) is 0 Å². The highest BCUT2D eigenvalue weighted by Crippen LogP contribution is 2.37. The molecule has 1 atom stereocenters. The lowest BCUT2D eigenvalue weighted by molar-refractivity contribution is 0.287. The van der Waals surface area contributed by atoms with E-state index < -0.39 is 0 Å². The van der Waals surface area contributed by atoms with Gasteiger partial charge < -0.3 is 15.2 Å². The van der Waals surface area contributed by atoms with Gasteiger partial charge in [-0.3, -0.25) is 0 Å². The molecular formula is C15H24BrNO2S. The van der Waals surface area contributed by atoms with E-state index in [2.05, 4.69) is 28.9 Å². The third-order valence-corrected chi connectivity index (χ3v) is 4.06. The molecule has 0 amide bonds. The minimum Gasteiger partial charge on any atom is -0.490 e. The fourth-order valence-corrected chi connectivity index (χ4v) is 2.95. The van der Waals surface area contributed by atoms with E-state index in [9.17, 15) is 0 Å². The molecule has 0 aromatic heterocycles. The summed E-state index contributed by atoms with van der Waals surface area (Å²) in [5.41, 5.74) is 7.02. The third-order valence-electron chi connectivity index (χ3n) is 2.61. The van der Waals surface area contributed by atoms with Gasteiger partial charge in [-0.25, -0.2) is 0 Å². The van der Waals surface area contributed by atoms with Crippen LogP contribution in [0.2, 0.25) is 0 Å². The highest BCUT2D eigenvalue weighted by atomic mass is 79.9. The van der Waals surface area contributed by atoms with Gasteiger partial charge >= 0.3 is 0 Å². The molecular weight excluding hydrogens is 338 g/mol. The Balaban J connectivity index is 2.85. The molecule has 0 aliphatic carbocycles. The maximum Gasteiger partial charge on any atom is 0.175 e. The van der Waals surface area contributed by atoms with E-state index >= 15 is 0 Å². The Kier molecular flexibility index (Phi) is 8.41. The van der Waals surface area contributed by atoms with Crippen LogP contribution >= 0.6 is 27.7 Å². The summed E-state index contributed by atoms with van der Waals surface area (Å²) in [5.74, 6) is 3.67. The number of hydrogen-bond acceptors (Lipinski definition) is 4. The summed E-state index contributed by atoms with van der Waals surface area (Å²) in [4.78, 5) is 0. The van der Waals surface area contributed by atoms with E-state index in [0.717, 1.165) is 39.5 Å². The van der Waals surface area contributed by atoms with Crippen molar-refractivity contribution in [3.05, 3.63) is 22.2 Å². The number of ether oxygens (including phenoxy) is 2. The van der Waals surface area contributed by atoms with Crippen LogP contribution in [0, 0.1) is 0 Å². The van der Waals surface area contributed by atoms with Crippen molar-refractivity contribution in [2.45, 2.75) is 33.2 Å². The second kappa shape index (κ2) is 9.53. The van der Waals surface area contributed by atoms with Gasteiger partial charge in [-0.15, -0.1) is 0 Å². The Morgan fingerprint density at radius 1 is 1.30 bits per heavy atom. The van der Waals surface area contributed by atoms with E-state index in [1.165, 1.54) is 0 Å². The normalized spacial score (nSPS) is 12.2. The summed E-state index contributed by atoms with van der Waals surface area (Å²) in [6.45, 7) is 7.43. The molecule has 2 N–H and O–H groups in total. The zero-order valence-corrected chi connectivity index (χ0v) is 14.9. The number of rotatable bonds is 9. The lowest BCUT2D eigenvalue weighted by Gasteiger charge is -2.16. The fraction of sp³-hybridized carbons (Fsp3) is 0.600. The van der Waals surface area contributed by atoms with Gasteiger partial charge in [0.05, 0.1) is 17.7 Å². The molecule has 0 radical (unpaired) electrons. The van der Waals surface area contributed by atoms with Gasteiger partial charge in [-0.1, -0.05) is 6.92 Å². The van der Waals surface area contributed by atoms with Crippen molar-refractivity contribution in [2.75, 3.05) is 24.7 Å². The minimum atomic E-state index is 0.129. The Hall–Kier alpha value is -0.390. The smallest absolute Gasteiger partial charge is 0.175 e.